The number of hydrogen-bond acceptors (Lipinski definition) is 5. The lowest BCUT2D eigenvalue weighted by atomic mass is 10.1. The molecule has 0 spiro atoms. The number of halogens is 1. The fraction of sp³-hybridized carbons (Fsp3) is 0.100. The number of amides is 1. The predicted octanol–water partition coefficient (Wildman–Crippen LogP) is 4.40. The number of hydrogen-bond donors (Lipinski definition) is 1. The number of aryl methyl sites for hydroxylation is 2. The zero-order valence-electron chi connectivity index (χ0n) is 15.2. The maximum atomic E-state index is 14.4. The zero-order chi connectivity index (χ0) is 19.7. The van der Waals surface area contributed by atoms with Crippen molar-refractivity contribution in [3.05, 3.63) is 76.9 Å². The Labute approximate surface area is 164 Å². The van der Waals surface area contributed by atoms with Gasteiger partial charge in [-0.3, -0.25) is 10.1 Å². The molecule has 8 heteroatoms. The highest BCUT2D eigenvalue weighted by molar-refractivity contribution is 7.16. The van der Waals surface area contributed by atoms with Crippen LogP contribution in [0.3, 0.4) is 0 Å². The Bertz CT molecular complexity index is 1140. The van der Waals surface area contributed by atoms with Crippen molar-refractivity contribution in [1.82, 2.24) is 19.7 Å². The van der Waals surface area contributed by atoms with Gasteiger partial charge in [0.25, 0.3) is 5.91 Å². The van der Waals surface area contributed by atoms with Crippen LogP contribution in [0.5, 0.6) is 0 Å². The molecule has 0 radical (unpaired) electrons. The molecule has 140 valence electrons. The molecule has 4 aromatic rings. The summed E-state index contributed by atoms with van der Waals surface area (Å²) >= 11 is 1.38. The average Bonchev–Trinajstić information content (AvgIpc) is 3.32. The van der Waals surface area contributed by atoms with E-state index in [4.69, 9.17) is 0 Å². The standard InChI is InChI=1S/C20H16FN5OS/c1-12-3-5-14(6-4-12)18-13(2)28-20(24-18)25-19(27)15-7-8-17(16(21)9-15)26-11-22-10-23-26/h3-11H,1-2H3,(H,24,25,27). The number of carbonyl (C=O) groups is 1. The summed E-state index contributed by atoms with van der Waals surface area (Å²) in [5.74, 6) is -0.984. The van der Waals surface area contributed by atoms with Crippen molar-refractivity contribution in [2.45, 2.75) is 13.8 Å². The van der Waals surface area contributed by atoms with Gasteiger partial charge in [-0.2, -0.15) is 5.10 Å². The Balaban J connectivity index is 1.55. The van der Waals surface area contributed by atoms with E-state index in [0.717, 1.165) is 16.1 Å². The van der Waals surface area contributed by atoms with E-state index in [2.05, 4.69) is 20.4 Å². The Kier molecular flexibility index (Phi) is 4.70. The lowest BCUT2D eigenvalue weighted by molar-refractivity contribution is 0.102. The first-order valence-corrected chi connectivity index (χ1v) is 9.33. The lowest BCUT2D eigenvalue weighted by Crippen LogP contribution is -2.12. The van der Waals surface area contributed by atoms with Gasteiger partial charge in [0.15, 0.2) is 5.13 Å². The topological polar surface area (TPSA) is 72.7 Å². The van der Waals surface area contributed by atoms with Crippen LogP contribution in [0.2, 0.25) is 0 Å². The largest absolute Gasteiger partial charge is 0.298 e. The van der Waals surface area contributed by atoms with Crippen LogP contribution < -0.4 is 5.32 Å². The Hall–Kier alpha value is -3.39. The minimum absolute atomic E-state index is 0.200. The molecule has 0 aliphatic heterocycles. The highest BCUT2D eigenvalue weighted by Gasteiger charge is 2.15. The van der Waals surface area contributed by atoms with Gasteiger partial charge < -0.3 is 0 Å². The number of rotatable bonds is 4. The van der Waals surface area contributed by atoms with Crippen molar-refractivity contribution >= 4 is 22.4 Å². The van der Waals surface area contributed by atoms with Crippen LogP contribution >= 0.6 is 11.3 Å². The van der Waals surface area contributed by atoms with E-state index >= 15 is 0 Å². The summed E-state index contributed by atoms with van der Waals surface area (Å²) < 4.78 is 15.7. The van der Waals surface area contributed by atoms with E-state index in [1.807, 2.05) is 38.1 Å². The van der Waals surface area contributed by atoms with E-state index in [1.165, 1.54) is 52.4 Å². The van der Waals surface area contributed by atoms with Crippen molar-refractivity contribution in [2.24, 2.45) is 0 Å². The van der Waals surface area contributed by atoms with Gasteiger partial charge >= 0.3 is 0 Å². The van der Waals surface area contributed by atoms with E-state index < -0.39 is 11.7 Å². The third kappa shape index (κ3) is 3.54. The summed E-state index contributed by atoms with van der Waals surface area (Å²) in [6, 6.07) is 12.2. The van der Waals surface area contributed by atoms with E-state index in [9.17, 15) is 9.18 Å². The molecular weight excluding hydrogens is 377 g/mol. The third-order valence-corrected chi connectivity index (χ3v) is 5.10. The van der Waals surface area contributed by atoms with Crippen LogP contribution in [0, 0.1) is 19.7 Å². The Morgan fingerprint density at radius 3 is 2.61 bits per heavy atom. The molecule has 0 saturated heterocycles. The number of anilines is 1. The lowest BCUT2D eigenvalue weighted by Gasteiger charge is -2.05. The SMILES string of the molecule is Cc1ccc(-c2nc(NC(=O)c3ccc(-n4cncn4)c(F)c3)sc2C)cc1. The van der Waals surface area contributed by atoms with Crippen molar-refractivity contribution < 1.29 is 9.18 Å². The van der Waals surface area contributed by atoms with E-state index in [-0.39, 0.29) is 11.3 Å². The summed E-state index contributed by atoms with van der Waals surface area (Å²) in [5.41, 5.74) is 3.41. The second-order valence-corrected chi connectivity index (χ2v) is 7.45. The molecule has 1 amide bonds. The van der Waals surface area contributed by atoms with Crippen LogP contribution in [0.1, 0.15) is 20.8 Å². The van der Waals surface area contributed by atoms with Crippen molar-refractivity contribution in [3.63, 3.8) is 0 Å². The molecule has 0 fully saturated rings. The molecule has 0 aliphatic carbocycles. The molecule has 0 saturated carbocycles. The first kappa shape index (κ1) is 18.0. The van der Waals surface area contributed by atoms with Gasteiger partial charge in [-0.05, 0) is 32.0 Å². The average molecular weight is 393 g/mol. The predicted molar refractivity (Wildman–Crippen MR) is 106 cm³/mol. The normalized spacial score (nSPS) is 10.8. The van der Waals surface area contributed by atoms with Gasteiger partial charge in [-0.1, -0.05) is 29.8 Å². The number of aromatic nitrogens is 4. The van der Waals surface area contributed by atoms with Gasteiger partial charge in [-0.15, -0.1) is 11.3 Å². The first-order chi connectivity index (χ1) is 13.5. The van der Waals surface area contributed by atoms with Gasteiger partial charge in [0.2, 0.25) is 0 Å². The highest BCUT2D eigenvalue weighted by atomic mass is 32.1. The Morgan fingerprint density at radius 2 is 1.93 bits per heavy atom. The van der Waals surface area contributed by atoms with E-state index in [0.29, 0.717) is 5.13 Å². The summed E-state index contributed by atoms with van der Waals surface area (Å²) in [5, 5.41) is 7.11. The summed E-state index contributed by atoms with van der Waals surface area (Å²) in [6.45, 7) is 3.98. The molecule has 2 aromatic heterocycles. The molecule has 28 heavy (non-hydrogen) atoms. The maximum absolute atomic E-state index is 14.4. The van der Waals surface area contributed by atoms with Crippen LogP contribution in [0.4, 0.5) is 9.52 Å². The molecule has 0 atom stereocenters. The van der Waals surface area contributed by atoms with Gasteiger partial charge in [0.1, 0.15) is 24.2 Å². The molecule has 4 rings (SSSR count). The highest BCUT2D eigenvalue weighted by Crippen LogP contribution is 2.30. The number of thiazole rings is 1. The fourth-order valence-corrected chi connectivity index (χ4v) is 3.60. The van der Waals surface area contributed by atoms with Crippen LogP contribution in [-0.2, 0) is 0 Å². The molecule has 0 aliphatic rings. The number of nitrogens with zero attached hydrogens (tertiary/aromatic N) is 4. The third-order valence-electron chi connectivity index (χ3n) is 4.22. The quantitative estimate of drug-likeness (QED) is 0.558. The summed E-state index contributed by atoms with van der Waals surface area (Å²) in [7, 11) is 0. The molecule has 0 bridgehead atoms. The minimum atomic E-state index is -0.561. The number of nitrogens with one attached hydrogen (secondary N) is 1. The monoisotopic (exact) mass is 393 g/mol. The molecule has 2 aromatic carbocycles. The van der Waals surface area contributed by atoms with Crippen molar-refractivity contribution in [3.8, 4) is 16.9 Å². The number of carbonyl (C=O) groups excluding carboxylic acids is 1. The second-order valence-electron chi connectivity index (χ2n) is 6.25. The van der Waals surface area contributed by atoms with Crippen molar-refractivity contribution in [1.29, 1.82) is 0 Å². The first-order valence-electron chi connectivity index (χ1n) is 8.51. The van der Waals surface area contributed by atoms with Crippen LogP contribution in [0.15, 0.2) is 55.1 Å². The fourth-order valence-electron chi connectivity index (χ4n) is 2.77. The van der Waals surface area contributed by atoms with Crippen LogP contribution in [0.25, 0.3) is 16.9 Å². The summed E-state index contributed by atoms with van der Waals surface area (Å²) in [6.07, 6.45) is 2.71. The minimum Gasteiger partial charge on any atom is -0.298 e. The zero-order valence-corrected chi connectivity index (χ0v) is 16.0. The molecule has 6 nitrogen and oxygen atoms in total. The molecule has 1 N–H and O–H groups in total. The second kappa shape index (κ2) is 7.32. The van der Waals surface area contributed by atoms with Gasteiger partial charge in [0, 0.05) is 16.0 Å². The number of benzene rings is 2. The van der Waals surface area contributed by atoms with Crippen LogP contribution in [-0.4, -0.2) is 25.7 Å². The molecular formula is C20H16FN5OS. The maximum Gasteiger partial charge on any atom is 0.257 e. The summed E-state index contributed by atoms with van der Waals surface area (Å²) in [4.78, 5) is 21.8. The van der Waals surface area contributed by atoms with Crippen molar-refractivity contribution in [2.75, 3.05) is 5.32 Å². The van der Waals surface area contributed by atoms with Gasteiger partial charge in [-0.25, -0.2) is 19.0 Å². The Morgan fingerprint density at radius 1 is 1.14 bits per heavy atom. The molecule has 0 unspecified atom stereocenters. The van der Waals surface area contributed by atoms with E-state index in [1.54, 1.807) is 0 Å². The smallest absolute Gasteiger partial charge is 0.257 e. The molecule has 2 heterocycles. The van der Waals surface area contributed by atoms with Gasteiger partial charge in [0.05, 0.1) is 5.69 Å².